The number of carbonyl (C=O) groups is 1. The smallest absolute Gasteiger partial charge is 0.258 e. The summed E-state index contributed by atoms with van der Waals surface area (Å²) in [6.45, 7) is 0. The number of halogens is 1. The van der Waals surface area contributed by atoms with Crippen LogP contribution in [0.3, 0.4) is 0 Å². The summed E-state index contributed by atoms with van der Waals surface area (Å²) in [5.41, 5.74) is 2.53. The van der Waals surface area contributed by atoms with E-state index in [0.717, 1.165) is 5.52 Å². The van der Waals surface area contributed by atoms with Crippen molar-refractivity contribution in [3.63, 3.8) is 0 Å². The van der Waals surface area contributed by atoms with Crippen LogP contribution in [0, 0.1) is 5.82 Å². The van der Waals surface area contributed by atoms with Crippen LogP contribution in [0.2, 0.25) is 0 Å². The van der Waals surface area contributed by atoms with Gasteiger partial charge >= 0.3 is 0 Å². The Balaban J connectivity index is 1.55. The summed E-state index contributed by atoms with van der Waals surface area (Å²) in [7, 11) is 1.78. The standard InChI is InChI=1S/C16H12FN7O/c1-24-13-7-4-10(8-12(13)20-23-24)15(25)19-16-18-14(21-22-16)9-2-5-11(17)6-3-9/h2-8H,1H3,(H2,18,19,21,22,25). The molecule has 1 amide bonds. The lowest BCUT2D eigenvalue weighted by Gasteiger charge is -2.01. The van der Waals surface area contributed by atoms with Crippen LogP contribution in [0.1, 0.15) is 10.4 Å². The molecular formula is C16H12FN7O. The van der Waals surface area contributed by atoms with Gasteiger partial charge in [0.2, 0.25) is 5.95 Å². The molecule has 0 aliphatic heterocycles. The van der Waals surface area contributed by atoms with Gasteiger partial charge in [0.05, 0.1) is 5.52 Å². The van der Waals surface area contributed by atoms with Gasteiger partial charge in [-0.05, 0) is 42.5 Å². The molecule has 2 N–H and O–H groups in total. The van der Waals surface area contributed by atoms with Gasteiger partial charge in [-0.25, -0.2) is 9.07 Å². The summed E-state index contributed by atoms with van der Waals surface area (Å²) < 4.78 is 14.6. The van der Waals surface area contributed by atoms with Crippen molar-refractivity contribution in [3.05, 3.63) is 53.8 Å². The van der Waals surface area contributed by atoms with Crippen molar-refractivity contribution in [2.24, 2.45) is 7.05 Å². The molecule has 0 unspecified atom stereocenters. The summed E-state index contributed by atoms with van der Waals surface area (Å²) in [5.74, 6) is -0.142. The molecule has 4 rings (SSSR count). The Bertz CT molecular complexity index is 1070. The number of amides is 1. The molecule has 8 nitrogen and oxygen atoms in total. The average molecular weight is 337 g/mol. The number of benzene rings is 2. The van der Waals surface area contributed by atoms with Gasteiger partial charge in [-0.2, -0.15) is 4.98 Å². The molecule has 2 heterocycles. The van der Waals surface area contributed by atoms with Gasteiger partial charge in [-0.1, -0.05) is 5.21 Å². The van der Waals surface area contributed by atoms with E-state index in [2.05, 4.69) is 30.8 Å². The van der Waals surface area contributed by atoms with Crippen LogP contribution < -0.4 is 5.32 Å². The topological polar surface area (TPSA) is 101 Å². The number of aromatic amines is 1. The van der Waals surface area contributed by atoms with E-state index < -0.39 is 0 Å². The molecule has 0 atom stereocenters. The van der Waals surface area contributed by atoms with Crippen LogP contribution in [0.15, 0.2) is 42.5 Å². The van der Waals surface area contributed by atoms with E-state index in [9.17, 15) is 9.18 Å². The first-order valence-electron chi connectivity index (χ1n) is 7.39. The Morgan fingerprint density at radius 2 is 2.00 bits per heavy atom. The Morgan fingerprint density at radius 3 is 2.80 bits per heavy atom. The van der Waals surface area contributed by atoms with E-state index in [1.807, 2.05) is 0 Å². The Hall–Kier alpha value is -3.62. The number of nitrogens with one attached hydrogen (secondary N) is 2. The number of carbonyl (C=O) groups excluding carboxylic acids is 1. The molecule has 25 heavy (non-hydrogen) atoms. The molecule has 0 radical (unpaired) electrons. The van der Waals surface area contributed by atoms with Crippen molar-refractivity contribution in [1.29, 1.82) is 0 Å². The summed E-state index contributed by atoms with van der Waals surface area (Å²) in [4.78, 5) is 16.5. The highest BCUT2D eigenvalue weighted by molar-refractivity contribution is 6.05. The number of hydrogen-bond acceptors (Lipinski definition) is 5. The first kappa shape index (κ1) is 14.9. The van der Waals surface area contributed by atoms with E-state index >= 15 is 0 Å². The van der Waals surface area contributed by atoms with E-state index in [4.69, 9.17) is 0 Å². The van der Waals surface area contributed by atoms with Crippen LogP contribution in [0.5, 0.6) is 0 Å². The first-order chi connectivity index (χ1) is 12.1. The Kier molecular flexibility index (Phi) is 3.46. The second kappa shape index (κ2) is 5.78. The number of hydrogen-bond donors (Lipinski definition) is 2. The third kappa shape index (κ3) is 2.82. The maximum absolute atomic E-state index is 13.0. The molecule has 2 aromatic carbocycles. The van der Waals surface area contributed by atoms with Gasteiger partial charge < -0.3 is 0 Å². The summed E-state index contributed by atoms with van der Waals surface area (Å²) in [6, 6.07) is 10.9. The lowest BCUT2D eigenvalue weighted by Crippen LogP contribution is -2.13. The van der Waals surface area contributed by atoms with Gasteiger partial charge in [-0.15, -0.1) is 10.2 Å². The minimum atomic E-state index is -0.364. The molecule has 0 aliphatic rings. The quantitative estimate of drug-likeness (QED) is 0.596. The molecule has 4 aromatic rings. The zero-order valence-corrected chi connectivity index (χ0v) is 13.1. The molecule has 0 saturated carbocycles. The van der Waals surface area contributed by atoms with Gasteiger partial charge in [0.1, 0.15) is 11.3 Å². The second-order valence-corrected chi connectivity index (χ2v) is 5.39. The van der Waals surface area contributed by atoms with Crippen molar-refractivity contribution in [2.75, 3.05) is 5.32 Å². The van der Waals surface area contributed by atoms with Crippen molar-refractivity contribution in [1.82, 2.24) is 30.2 Å². The fraction of sp³-hybridized carbons (Fsp3) is 0.0625. The van der Waals surface area contributed by atoms with Crippen LogP contribution in [0.4, 0.5) is 10.3 Å². The normalized spacial score (nSPS) is 11.0. The molecule has 0 spiro atoms. The number of aromatic nitrogens is 6. The predicted molar refractivity (Wildman–Crippen MR) is 88.2 cm³/mol. The zero-order valence-electron chi connectivity index (χ0n) is 13.1. The Morgan fingerprint density at radius 1 is 1.20 bits per heavy atom. The highest BCUT2D eigenvalue weighted by Gasteiger charge is 2.12. The van der Waals surface area contributed by atoms with Crippen molar-refractivity contribution in [3.8, 4) is 11.4 Å². The van der Waals surface area contributed by atoms with E-state index in [0.29, 0.717) is 22.5 Å². The highest BCUT2D eigenvalue weighted by Crippen LogP contribution is 2.17. The lowest BCUT2D eigenvalue weighted by atomic mass is 10.2. The minimum Gasteiger partial charge on any atom is -0.289 e. The molecule has 124 valence electrons. The average Bonchev–Trinajstić information content (AvgIpc) is 3.22. The largest absolute Gasteiger partial charge is 0.289 e. The first-order valence-corrected chi connectivity index (χ1v) is 7.39. The fourth-order valence-electron chi connectivity index (χ4n) is 2.41. The zero-order chi connectivity index (χ0) is 17.4. The maximum atomic E-state index is 13.0. The van der Waals surface area contributed by atoms with E-state index in [1.165, 1.54) is 12.1 Å². The van der Waals surface area contributed by atoms with Crippen LogP contribution in [0.25, 0.3) is 22.4 Å². The number of fused-ring (bicyclic) bond motifs is 1. The molecular weight excluding hydrogens is 325 g/mol. The maximum Gasteiger partial charge on any atom is 0.258 e. The number of anilines is 1. The van der Waals surface area contributed by atoms with Gasteiger partial charge in [0.25, 0.3) is 5.91 Å². The summed E-state index contributed by atoms with van der Waals surface area (Å²) >= 11 is 0. The molecule has 0 bridgehead atoms. The van der Waals surface area contributed by atoms with Gasteiger partial charge in [0.15, 0.2) is 5.82 Å². The molecule has 2 aromatic heterocycles. The lowest BCUT2D eigenvalue weighted by molar-refractivity contribution is 0.102. The fourth-order valence-corrected chi connectivity index (χ4v) is 2.41. The summed E-state index contributed by atoms with van der Waals surface area (Å²) in [6.07, 6.45) is 0. The summed E-state index contributed by atoms with van der Waals surface area (Å²) in [5, 5.41) is 17.2. The molecule has 0 fully saturated rings. The monoisotopic (exact) mass is 337 g/mol. The van der Waals surface area contributed by atoms with Gasteiger partial charge in [0, 0.05) is 18.2 Å². The van der Waals surface area contributed by atoms with Crippen molar-refractivity contribution < 1.29 is 9.18 Å². The minimum absolute atomic E-state index is 0.128. The molecule has 0 aliphatic carbocycles. The number of nitrogens with zero attached hydrogens (tertiary/aromatic N) is 5. The second-order valence-electron chi connectivity index (χ2n) is 5.39. The molecule has 9 heteroatoms. The van der Waals surface area contributed by atoms with E-state index in [1.54, 1.807) is 42.1 Å². The number of aryl methyl sites for hydroxylation is 1. The van der Waals surface area contributed by atoms with Gasteiger partial charge in [-0.3, -0.25) is 15.2 Å². The van der Waals surface area contributed by atoms with Crippen LogP contribution in [-0.4, -0.2) is 36.1 Å². The third-order valence-corrected chi connectivity index (χ3v) is 3.70. The van der Waals surface area contributed by atoms with Crippen molar-refractivity contribution in [2.45, 2.75) is 0 Å². The van der Waals surface area contributed by atoms with Crippen molar-refractivity contribution >= 4 is 22.9 Å². The Labute approximate surface area is 140 Å². The van der Waals surface area contributed by atoms with E-state index in [-0.39, 0.29) is 17.7 Å². The van der Waals surface area contributed by atoms with Crippen LogP contribution in [-0.2, 0) is 7.05 Å². The predicted octanol–water partition coefficient (Wildman–Crippen LogP) is 2.14. The third-order valence-electron chi connectivity index (χ3n) is 3.70. The number of rotatable bonds is 3. The highest BCUT2D eigenvalue weighted by atomic mass is 19.1. The van der Waals surface area contributed by atoms with Crippen LogP contribution >= 0.6 is 0 Å². The SMILES string of the molecule is Cn1nnc2cc(C(=O)Nc3n[nH]c(-c4ccc(F)cc4)n3)ccc21. The molecule has 0 saturated heterocycles. The number of H-pyrrole nitrogens is 1.